The third kappa shape index (κ3) is 2.34. The quantitative estimate of drug-likeness (QED) is 0.910. The predicted octanol–water partition coefficient (Wildman–Crippen LogP) is 2.24. The van der Waals surface area contributed by atoms with E-state index in [9.17, 15) is 0 Å². The summed E-state index contributed by atoms with van der Waals surface area (Å²) >= 11 is 8.06. The summed E-state index contributed by atoms with van der Waals surface area (Å²) in [4.78, 5) is 3.72. The van der Waals surface area contributed by atoms with E-state index in [0.29, 0.717) is 6.04 Å². The first kappa shape index (κ1) is 14.2. The molecule has 4 rings (SSSR count). The molecular weight excluding hydrogens is 312 g/mol. The van der Waals surface area contributed by atoms with Crippen molar-refractivity contribution in [3.63, 3.8) is 0 Å². The van der Waals surface area contributed by atoms with E-state index in [1.54, 1.807) is 11.8 Å². The number of halogens is 1. The largest absolute Gasteiger partial charge is 0.367 e. The summed E-state index contributed by atoms with van der Waals surface area (Å²) in [6.07, 6.45) is 0. The zero-order chi connectivity index (χ0) is 15.1. The lowest BCUT2D eigenvalue weighted by Gasteiger charge is -2.42. The van der Waals surface area contributed by atoms with Crippen LogP contribution < -0.4 is 15.8 Å². The highest BCUT2D eigenvalue weighted by Crippen LogP contribution is 2.34. The van der Waals surface area contributed by atoms with Gasteiger partial charge in [0.2, 0.25) is 0 Å². The van der Waals surface area contributed by atoms with Crippen molar-refractivity contribution in [2.45, 2.75) is 10.9 Å². The summed E-state index contributed by atoms with van der Waals surface area (Å²) in [6.45, 7) is 2.08. The van der Waals surface area contributed by atoms with E-state index in [1.807, 2.05) is 13.1 Å². The average molecular weight is 329 g/mol. The van der Waals surface area contributed by atoms with Crippen LogP contribution in [0.3, 0.4) is 0 Å². The molecule has 0 radical (unpaired) electrons. The van der Waals surface area contributed by atoms with Crippen LogP contribution in [0.1, 0.15) is 5.56 Å². The molecule has 1 fully saturated rings. The van der Waals surface area contributed by atoms with Gasteiger partial charge in [0, 0.05) is 39.8 Å². The molecule has 0 bridgehead atoms. The van der Waals surface area contributed by atoms with Gasteiger partial charge in [-0.1, -0.05) is 47.6 Å². The molecule has 22 heavy (non-hydrogen) atoms. The Labute approximate surface area is 139 Å². The van der Waals surface area contributed by atoms with Crippen LogP contribution in [0, 0.1) is 0 Å². The lowest BCUT2D eigenvalue weighted by molar-refractivity contribution is 0.210. The van der Waals surface area contributed by atoms with Crippen molar-refractivity contribution in [1.82, 2.24) is 10.2 Å². The molecule has 0 spiro atoms. The first-order valence-corrected chi connectivity index (χ1v) is 8.70. The first-order valence-electron chi connectivity index (χ1n) is 7.44. The van der Waals surface area contributed by atoms with Crippen molar-refractivity contribution in [2.24, 2.45) is 0 Å². The Balaban J connectivity index is 1.96. The summed E-state index contributed by atoms with van der Waals surface area (Å²) in [5.41, 5.74) is 2.55. The molecule has 1 N–H and O–H groups in total. The maximum Gasteiger partial charge on any atom is 0.0532 e. The zero-order valence-electron chi connectivity index (χ0n) is 12.3. The maximum atomic E-state index is 6.28. The van der Waals surface area contributed by atoms with E-state index >= 15 is 0 Å². The summed E-state index contributed by atoms with van der Waals surface area (Å²) < 4.78 is 0. The summed E-state index contributed by atoms with van der Waals surface area (Å²) in [5, 5.41) is 8.96. The third-order valence-corrected chi connectivity index (χ3v) is 5.55. The van der Waals surface area contributed by atoms with E-state index in [4.69, 9.17) is 11.6 Å². The normalized spacial score (nSPS) is 17.2. The van der Waals surface area contributed by atoms with Crippen LogP contribution in [-0.4, -0.2) is 31.1 Å². The molecule has 0 amide bonds. The van der Waals surface area contributed by atoms with Gasteiger partial charge in [-0.05, 0) is 35.9 Å². The van der Waals surface area contributed by atoms with Crippen LogP contribution in [0.25, 0.3) is 11.1 Å². The SMILES string of the molecule is CNC1CN(C2=c3ccccc3=CSc3ccc(Cl)cc32)C1. The first-order chi connectivity index (χ1) is 10.8. The van der Waals surface area contributed by atoms with Crippen molar-refractivity contribution >= 4 is 34.5 Å². The van der Waals surface area contributed by atoms with E-state index in [2.05, 4.69) is 52.0 Å². The highest BCUT2D eigenvalue weighted by molar-refractivity contribution is 8.06. The number of likely N-dealkylation sites (tertiary alicyclic amines) is 1. The molecule has 2 nitrogen and oxygen atoms in total. The van der Waals surface area contributed by atoms with Crippen molar-refractivity contribution in [3.05, 3.63) is 63.5 Å². The molecule has 0 atom stereocenters. The number of nitrogens with zero attached hydrogens (tertiary/aromatic N) is 1. The number of fused-ring (bicyclic) bond motifs is 2. The van der Waals surface area contributed by atoms with E-state index in [-0.39, 0.29) is 0 Å². The highest BCUT2D eigenvalue weighted by Gasteiger charge is 2.29. The van der Waals surface area contributed by atoms with Crippen molar-refractivity contribution in [2.75, 3.05) is 20.1 Å². The van der Waals surface area contributed by atoms with Gasteiger partial charge in [-0.2, -0.15) is 0 Å². The second-order valence-corrected chi connectivity index (χ2v) is 7.05. The lowest BCUT2D eigenvalue weighted by Crippen LogP contribution is -2.57. The number of nitrogens with one attached hydrogen (secondary N) is 1. The predicted molar refractivity (Wildman–Crippen MR) is 94.4 cm³/mol. The highest BCUT2D eigenvalue weighted by atomic mass is 35.5. The fourth-order valence-electron chi connectivity index (χ4n) is 3.06. The van der Waals surface area contributed by atoms with Crippen LogP contribution in [0.2, 0.25) is 5.02 Å². The minimum atomic E-state index is 0.571. The van der Waals surface area contributed by atoms with E-state index in [0.717, 1.165) is 18.1 Å². The molecule has 0 aliphatic carbocycles. The number of benzene rings is 2. The van der Waals surface area contributed by atoms with Gasteiger partial charge in [-0.15, -0.1) is 0 Å². The van der Waals surface area contributed by atoms with Gasteiger partial charge in [0.15, 0.2) is 0 Å². The van der Waals surface area contributed by atoms with Gasteiger partial charge < -0.3 is 10.2 Å². The monoisotopic (exact) mass is 328 g/mol. The molecule has 2 aliphatic heterocycles. The Morgan fingerprint density at radius 3 is 2.82 bits per heavy atom. The van der Waals surface area contributed by atoms with Gasteiger partial charge in [-0.25, -0.2) is 0 Å². The fourth-order valence-corrected chi connectivity index (χ4v) is 4.12. The third-order valence-electron chi connectivity index (χ3n) is 4.33. The average Bonchev–Trinajstić information content (AvgIpc) is 2.64. The van der Waals surface area contributed by atoms with Crippen LogP contribution in [-0.2, 0) is 0 Å². The number of rotatable bonds is 2. The van der Waals surface area contributed by atoms with Crippen LogP contribution in [0.15, 0.2) is 47.4 Å². The summed E-state index contributed by atoms with van der Waals surface area (Å²) in [6, 6.07) is 15.4. The van der Waals surface area contributed by atoms with Gasteiger partial charge in [0.05, 0.1) is 5.70 Å². The minimum absolute atomic E-state index is 0.571. The summed E-state index contributed by atoms with van der Waals surface area (Å²) in [7, 11) is 2.03. The second kappa shape index (κ2) is 5.65. The molecule has 0 unspecified atom stereocenters. The smallest absolute Gasteiger partial charge is 0.0532 e. The Morgan fingerprint density at radius 2 is 2.00 bits per heavy atom. The van der Waals surface area contributed by atoms with Gasteiger partial charge in [0.25, 0.3) is 0 Å². The number of thioether (sulfide) groups is 1. The van der Waals surface area contributed by atoms with E-state index < -0.39 is 0 Å². The van der Waals surface area contributed by atoms with E-state index in [1.165, 1.54) is 26.6 Å². The van der Waals surface area contributed by atoms with Crippen LogP contribution in [0.5, 0.6) is 0 Å². The second-order valence-electron chi connectivity index (χ2n) is 5.70. The van der Waals surface area contributed by atoms with Crippen molar-refractivity contribution in [1.29, 1.82) is 0 Å². The maximum absolute atomic E-state index is 6.28. The van der Waals surface area contributed by atoms with Crippen molar-refractivity contribution < 1.29 is 0 Å². The lowest BCUT2D eigenvalue weighted by atomic mass is 10.0. The van der Waals surface area contributed by atoms with Gasteiger partial charge in [0.1, 0.15) is 0 Å². The summed E-state index contributed by atoms with van der Waals surface area (Å²) in [5.74, 6) is 0. The Hall–Kier alpha value is -1.42. The molecule has 0 saturated carbocycles. The molecule has 2 heterocycles. The standard InChI is InChI=1S/C18H17ClN2S/c1-20-14-9-21(10-14)18-15-5-3-2-4-12(15)11-22-17-7-6-13(19)8-16(17)18/h2-8,11,14,20H,9-10H2,1H3. The fraction of sp³-hybridized carbons (Fsp3) is 0.222. The molecule has 1 saturated heterocycles. The minimum Gasteiger partial charge on any atom is -0.367 e. The number of hydrogen-bond donors (Lipinski definition) is 1. The molecule has 2 aromatic rings. The van der Waals surface area contributed by atoms with Gasteiger partial charge >= 0.3 is 0 Å². The Kier molecular flexibility index (Phi) is 3.65. The topological polar surface area (TPSA) is 15.3 Å². The number of likely N-dealkylation sites (N-methyl/N-ethyl adjacent to an activating group) is 1. The molecule has 112 valence electrons. The van der Waals surface area contributed by atoms with Crippen LogP contribution in [0.4, 0.5) is 0 Å². The van der Waals surface area contributed by atoms with Crippen molar-refractivity contribution in [3.8, 4) is 0 Å². The Morgan fingerprint density at radius 1 is 1.18 bits per heavy atom. The molecule has 4 heteroatoms. The molecular formula is C18H17ClN2S. The molecule has 2 aliphatic rings. The zero-order valence-corrected chi connectivity index (χ0v) is 13.9. The number of hydrogen-bond acceptors (Lipinski definition) is 3. The van der Waals surface area contributed by atoms with Crippen LogP contribution >= 0.6 is 23.4 Å². The Bertz CT molecular complexity index is 840. The molecule has 2 aromatic carbocycles. The molecule has 0 aromatic heterocycles. The van der Waals surface area contributed by atoms with Gasteiger partial charge in [-0.3, -0.25) is 0 Å².